The number of imide groups is 1. The third-order valence-corrected chi connectivity index (χ3v) is 7.17. The zero-order valence-electron chi connectivity index (χ0n) is 20.3. The van der Waals surface area contributed by atoms with E-state index in [1.165, 1.54) is 36.4 Å². The number of amides is 3. The molecule has 2 aromatic carbocycles. The highest BCUT2D eigenvalue weighted by atomic mass is 35.5. The van der Waals surface area contributed by atoms with E-state index in [2.05, 4.69) is 10.2 Å². The number of carbonyl (C=O) groups is 3. The number of carbonyl (C=O) groups excluding carboxylic acids is 3. The molecule has 5 rings (SSSR count). The van der Waals surface area contributed by atoms with Crippen LogP contribution in [-0.2, 0) is 14.3 Å². The van der Waals surface area contributed by atoms with Gasteiger partial charge in [0.2, 0.25) is 5.91 Å². The van der Waals surface area contributed by atoms with Gasteiger partial charge in [-0.3, -0.25) is 29.4 Å². The maximum Gasteiger partial charge on any atom is 0.294 e. The van der Waals surface area contributed by atoms with Crippen molar-refractivity contribution in [2.45, 2.75) is 0 Å². The molecule has 2 saturated heterocycles. The summed E-state index contributed by atoms with van der Waals surface area (Å²) in [5.41, 5.74) is 1.54. The molecule has 39 heavy (non-hydrogen) atoms. The van der Waals surface area contributed by atoms with Crippen LogP contribution < -0.4 is 10.2 Å². The molecule has 0 bridgehead atoms. The molecule has 0 spiro atoms. The molecule has 3 heterocycles. The number of nitrogens with one attached hydrogen (secondary N) is 1. The summed E-state index contributed by atoms with van der Waals surface area (Å²) in [7, 11) is 0. The normalized spacial score (nSPS) is 16.7. The van der Waals surface area contributed by atoms with Gasteiger partial charge >= 0.3 is 0 Å². The number of nitro benzene ring substituents is 1. The minimum absolute atomic E-state index is 0.0640. The molecule has 0 atom stereocenters. The number of thioether (sulfide) groups is 1. The SMILES string of the molecule is O=C(CN1C(=O)S/C(=C/c2ccc(-c3ccc(Cl)cc3[N+](=O)[O-])o2)C1=O)Nc1ccc(N2CCOCC2)cc1. The number of hydrogen-bond donors (Lipinski definition) is 1. The van der Waals surface area contributed by atoms with Crippen LogP contribution in [0.15, 0.2) is 63.9 Å². The zero-order valence-corrected chi connectivity index (χ0v) is 21.9. The number of anilines is 2. The predicted octanol–water partition coefficient (Wildman–Crippen LogP) is 5.02. The molecule has 11 nitrogen and oxygen atoms in total. The van der Waals surface area contributed by atoms with Crippen molar-refractivity contribution in [1.29, 1.82) is 0 Å². The Labute approximate surface area is 231 Å². The van der Waals surface area contributed by atoms with Gasteiger partial charge < -0.3 is 19.4 Å². The molecule has 2 aliphatic heterocycles. The van der Waals surface area contributed by atoms with E-state index in [4.69, 9.17) is 20.8 Å². The highest BCUT2D eigenvalue weighted by Crippen LogP contribution is 2.36. The van der Waals surface area contributed by atoms with E-state index < -0.39 is 28.5 Å². The van der Waals surface area contributed by atoms with Crippen LogP contribution in [0.2, 0.25) is 5.02 Å². The van der Waals surface area contributed by atoms with Gasteiger partial charge in [0.15, 0.2) is 0 Å². The first-order valence-corrected chi connectivity index (χ1v) is 13.0. The standard InChI is InChI=1S/C26H21ClN4O7S/c27-16-1-7-20(21(13-16)31(35)36)22-8-6-19(38-22)14-23-25(33)30(26(34)39-23)15-24(32)28-17-2-4-18(5-3-17)29-9-11-37-12-10-29/h1-8,13-14H,9-12,15H2,(H,28,32)/b23-14+. The molecule has 13 heteroatoms. The minimum atomic E-state index is -0.641. The second-order valence-electron chi connectivity index (χ2n) is 8.58. The lowest BCUT2D eigenvalue weighted by molar-refractivity contribution is -0.384. The number of morpholine rings is 1. The Hall–Kier alpha value is -4.13. The maximum atomic E-state index is 12.9. The van der Waals surface area contributed by atoms with E-state index in [9.17, 15) is 24.5 Å². The topological polar surface area (TPSA) is 135 Å². The molecule has 2 aliphatic rings. The molecular formula is C26H21ClN4O7S. The fourth-order valence-electron chi connectivity index (χ4n) is 4.13. The third kappa shape index (κ3) is 5.98. The highest BCUT2D eigenvalue weighted by molar-refractivity contribution is 8.18. The lowest BCUT2D eigenvalue weighted by atomic mass is 10.1. The van der Waals surface area contributed by atoms with Crippen molar-refractivity contribution < 1.29 is 28.5 Å². The summed E-state index contributed by atoms with van der Waals surface area (Å²) >= 11 is 6.55. The average Bonchev–Trinajstić information content (AvgIpc) is 3.49. The molecule has 0 radical (unpaired) electrons. The Kier molecular flexibility index (Phi) is 7.68. The van der Waals surface area contributed by atoms with Crippen LogP contribution in [0.5, 0.6) is 0 Å². The summed E-state index contributed by atoms with van der Waals surface area (Å²) in [6.45, 7) is 2.46. The van der Waals surface area contributed by atoms with E-state index in [0.29, 0.717) is 30.7 Å². The fraction of sp³-hybridized carbons (Fsp3) is 0.192. The van der Waals surface area contributed by atoms with Gasteiger partial charge in [-0.15, -0.1) is 0 Å². The number of ether oxygens (including phenoxy) is 1. The van der Waals surface area contributed by atoms with Gasteiger partial charge in [0.1, 0.15) is 18.1 Å². The summed E-state index contributed by atoms with van der Waals surface area (Å²) in [6.07, 6.45) is 1.36. The van der Waals surface area contributed by atoms with Crippen LogP contribution in [0.1, 0.15) is 5.76 Å². The number of benzene rings is 2. The first-order valence-electron chi connectivity index (χ1n) is 11.8. The molecule has 200 valence electrons. The lowest BCUT2D eigenvalue weighted by Crippen LogP contribution is -2.36. The molecule has 3 aromatic rings. The van der Waals surface area contributed by atoms with Crippen LogP contribution >= 0.6 is 23.4 Å². The van der Waals surface area contributed by atoms with Crippen molar-refractivity contribution in [2.24, 2.45) is 0 Å². The second-order valence-corrected chi connectivity index (χ2v) is 10.0. The van der Waals surface area contributed by atoms with E-state index in [-0.39, 0.29) is 32.7 Å². The highest BCUT2D eigenvalue weighted by Gasteiger charge is 2.36. The number of halogens is 1. The second kappa shape index (κ2) is 11.3. The van der Waals surface area contributed by atoms with Gasteiger partial charge in [0.05, 0.1) is 28.6 Å². The molecule has 0 unspecified atom stereocenters. The van der Waals surface area contributed by atoms with Crippen LogP contribution in [0.3, 0.4) is 0 Å². The van der Waals surface area contributed by atoms with Gasteiger partial charge in [-0.2, -0.15) is 0 Å². The van der Waals surface area contributed by atoms with Crippen LogP contribution in [0, 0.1) is 10.1 Å². The Morgan fingerprint density at radius 3 is 2.56 bits per heavy atom. The van der Waals surface area contributed by atoms with E-state index in [0.717, 1.165) is 23.7 Å². The predicted molar refractivity (Wildman–Crippen MR) is 147 cm³/mol. The van der Waals surface area contributed by atoms with Crippen molar-refractivity contribution in [2.75, 3.05) is 43.1 Å². The number of rotatable bonds is 7. The average molecular weight is 569 g/mol. The molecule has 0 saturated carbocycles. The molecular weight excluding hydrogens is 548 g/mol. The van der Waals surface area contributed by atoms with Gasteiger partial charge in [-0.1, -0.05) is 11.6 Å². The van der Waals surface area contributed by atoms with Crippen LogP contribution in [0.4, 0.5) is 21.9 Å². The molecule has 3 amide bonds. The third-order valence-electron chi connectivity index (χ3n) is 6.02. The van der Waals surface area contributed by atoms with E-state index >= 15 is 0 Å². The molecule has 2 fully saturated rings. The first kappa shape index (κ1) is 26.5. The summed E-state index contributed by atoms with van der Waals surface area (Å²) in [6, 6.07) is 14.5. The van der Waals surface area contributed by atoms with Gasteiger partial charge in [-0.05, 0) is 60.3 Å². The smallest absolute Gasteiger partial charge is 0.294 e. The fourth-order valence-corrected chi connectivity index (χ4v) is 5.11. The number of hydrogen-bond acceptors (Lipinski definition) is 9. The Morgan fingerprint density at radius 2 is 1.85 bits per heavy atom. The summed E-state index contributed by atoms with van der Waals surface area (Å²) in [5, 5.41) is 13.7. The molecule has 1 aromatic heterocycles. The summed E-state index contributed by atoms with van der Waals surface area (Å²) in [4.78, 5) is 51.8. The Bertz CT molecular complexity index is 1480. The van der Waals surface area contributed by atoms with Crippen LogP contribution in [-0.4, -0.2) is 59.7 Å². The van der Waals surface area contributed by atoms with Crippen molar-refractivity contribution >= 4 is 63.6 Å². The van der Waals surface area contributed by atoms with Gasteiger partial charge in [0, 0.05) is 41.6 Å². The Balaban J connectivity index is 1.23. The van der Waals surface area contributed by atoms with Gasteiger partial charge in [-0.25, -0.2) is 0 Å². The van der Waals surface area contributed by atoms with Crippen molar-refractivity contribution in [3.63, 3.8) is 0 Å². The quantitative estimate of drug-likeness (QED) is 0.237. The maximum absolute atomic E-state index is 12.9. The largest absolute Gasteiger partial charge is 0.456 e. The van der Waals surface area contributed by atoms with Gasteiger partial charge in [0.25, 0.3) is 16.8 Å². The monoisotopic (exact) mass is 568 g/mol. The van der Waals surface area contributed by atoms with E-state index in [1.807, 2.05) is 12.1 Å². The Morgan fingerprint density at radius 1 is 1.10 bits per heavy atom. The lowest BCUT2D eigenvalue weighted by Gasteiger charge is -2.28. The summed E-state index contributed by atoms with van der Waals surface area (Å²) < 4.78 is 11.0. The number of nitrogens with zero attached hydrogens (tertiary/aromatic N) is 3. The molecule has 0 aliphatic carbocycles. The van der Waals surface area contributed by atoms with Crippen molar-refractivity contribution in [1.82, 2.24) is 4.90 Å². The molecule has 1 N–H and O–H groups in total. The minimum Gasteiger partial charge on any atom is -0.456 e. The number of furan rings is 1. The summed E-state index contributed by atoms with van der Waals surface area (Å²) in [5.74, 6) is -0.751. The van der Waals surface area contributed by atoms with Crippen LogP contribution in [0.25, 0.3) is 17.4 Å². The van der Waals surface area contributed by atoms with Crippen molar-refractivity contribution in [3.05, 3.63) is 80.4 Å². The number of nitro groups is 1. The first-order chi connectivity index (χ1) is 18.8. The zero-order chi connectivity index (χ0) is 27.5. The van der Waals surface area contributed by atoms with Crippen molar-refractivity contribution in [3.8, 4) is 11.3 Å². The van der Waals surface area contributed by atoms with E-state index in [1.54, 1.807) is 12.1 Å².